The highest BCUT2D eigenvalue weighted by Crippen LogP contribution is 2.22. The first kappa shape index (κ1) is 13.9. The number of nitrogens with two attached hydrogens (primary N) is 1. The van der Waals surface area contributed by atoms with Crippen molar-refractivity contribution in [1.29, 1.82) is 0 Å². The molecule has 102 valence electrons. The molecular weight excluding hydrogens is 238 g/mol. The Morgan fingerprint density at radius 2 is 2.16 bits per heavy atom. The van der Waals surface area contributed by atoms with Crippen LogP contribution in [0.25, 0.3) is 0 Å². The molecule has 0 spiro atoms. The minimum absolute atomic E-state index is 0.368. The third kappa shape index (κ3) is 4.27. The average molecular weight is 259 g/mol. The van der Waals surface area contributed by atoms with Gasteiger partial charge in [-0.25, -0.2) is 0 Å². The summed E-state index contributed by atoms with van der Waals surface area (Å²) in [7, 11) is 0. The lowest BCUT2D eigenvalue weighted by Gasteiger charge is -2.22. The van der Waals surface area contributed by atoms with E-state index in [1.807, 2.05) is 18.2 Å². The largest absolute Gasteiger partial charge is 0.492 e. The summed E-state index contributed by atoms with van der Waals surface area (Å²) in [5.41, 5.74) is 7.54. The minimum Gasteiger partial charge on any atom is -0.492 e. The highest BCUT2D eigenvalue weighted by Gasteiger charge is 2.15. The Labute approximate surface area is 115 Å². The van der Waals surface area contributed by atoms with Gasteiger partial charge in [0.15, 0.2) is 0 Å². The Morgan fingerprint density at radius 3 is 2.89 bits per heavy atom. The third-order valence-electron chi connectivity index (χ3n) is 3.28. The van der Waals surface area contributed by atoms with E-state index in [9.17, 15) is 0 Å². The van der Waals surface area contributed by atoms with Crippen molar-refractivity contribution >= 4 is 0 Å². The predicted octanol–water partition coefficient (Wildman–Crippen LogP) is 2.11. The molecule has 1 fully saturated rings. The zero-order valence-corrected chi connectivity index (χ0v) is 11.4. The lowest BCUT2D eigenvalue weighted by Crippen LogP contribution is -2.21. The predicted molar refractivity (Wildman–Crippen MR) is 76.1 cm³/mol. The van der Waals surface area contributed by atoms with Crippen LogP contribution in [0.3, 0.4) is 0 Å². The number of rotatable bonds is 3. The van der Waals surface area contributed by atoms with Gasteiger partial charge in [0.05, 0.1) is 18.7 Å². The van der Waals surface area contributed by atoms with Crippen molar-refractivity contribution in [2.45, 2.75) is 19.8 Å². The van der Waals surface area contributed by atoms with E-state index in [0.717, 1.165) is 44.0 Å². The molecule has 3 heteroatoms. The first-order chi connectivity index (χ1) is 9.29. The third-order valence-corrected chi connectivity index (χ3v) is 3.28. The zero-order valence-electron chi connectivity index (χ0n) is 11.4. The Balaban J connectivity index is 2.02. The second kappa shape index (κ2) is 7.18. The van der Waals surface area contributed by atoms with Gasteiger partial charge >= 0.3 is 0 Å². The number of benzene rings is 1. The molecule has 0 saturated carbocycles. The molecule has 19 heavy (non-hydrogen) atoms. The van der Waals surface area contributed by atoms with Gasteiger partial charge in [0, 0.05) is 13.2 Å². The maximum atomic E-state index is 5.93. The summed E-state index contributed by atoms with van der Waals surface area (Å²) in [6, 6.07) is 6.09. The molecule has 0 radical (unpaired) electrons. The summed E-state index contributed by atoms with van der Waals surface area (Å²) in [4.78, 5) is 0. The van der Waals surface area contributed by atoms with E-state index >= 15 is 0 Å². The molecule has 1 aliphatic heterocycles. The van der Waals surface area contributed by atoms with Crippen LogP contribution in [0.15, 0.2) is 18.2 Å². The number of hydrogen-bond acceptors (Lipinski definition) is 3. The summed E-state index contributed by atoms with van der Waals surface area (Å²) < 4.78 is 11.3. The highest BCUT2D eigenvalue weighted by molar-refractivity contribution is 5.48. The topological polar surface area (TPSA) is 44.5 Å². The van der Waals surface area contributed by atoms with E-state index in [4.69, 9.17) is 15.2 Å². The summed E-state index contributed by atoms with van der Waals surface area (Å²) >= 11 is 0. The second-order valence-electron chi connectivity index (χ2n) is 4.87. The fourth-order valence-corrected chi connectivity index (χ4v) is 2.13. The van der Waals surface area contributed by atoms with Crippen molar-refractivity contribution in [3.63, 3.8) is 0 Å². The van der Waals surface area contributed by atoms with Crippen molar-refractivity contribution in [2.75, 3.05) is 26.4 Å². The Hall–Kier alpha value is -1.50. The van der Waals surface area contributed by atoms with E-state index in [0.29, 0.717) is 12.5 Å². The average Bonchev–Trinajstić information content (AvgIpc) is 2.45. The van der Waals surface area contributed by atoms with E-state index < -0.39 is 0 Å². The quantitative estimate of drug-likeness (QED) is 0.846. The Morgan fingerprint density at radius 1 is 1.37 bits per heavy atom. The van der Waals surface area contributed by atoms with Crippen LogP contribution in [-0.2, 0) is 4.74 Å². The van der Waals surface area contributed by atoms with Gasteiger partial charge in [-0.3, -0.25) is 0 Å². The van der Waals surface area contributed by atoms with Crippen LogP contribution in [0.5, 0.6) is 5.75 Å². The molecule has 2 N–H and O–H groups in total. The van der Waals surface area contributed by atoms with Gasteiger partial charge in [-0.2, -0.15) is 0 Å². The van der Waals surface area contributed by atoms with E-state index in [-0.39, 0.29) is 0 Å². The molecular formula is C16H21NO2. The van der Waals surface area contributed by atoms with Gasteiger partial charge < -0.3 is 15.2 Å². The highest BCUT2D eigenvalue weighted by atomic mass is 16.5. The van der Waals surface area contributed by atoms with Crippen LogP contribution in [0, 0.1) is 24.7 Å². The number of hydrogen-bond donors (Lipinski definition) is 1. The first-order valence-corrected chi connectivity index (χ1v) is 6.79. The molecule has 1 aromatic carbocycles. The first-order valence-electron chi connectivity index (χ1n) is 6.79. The molecule has 2 rings (SSSR count). The minimum atomic E-state index is 0.368. The van der Waals surface area contributed by atoms with Crippen LogP contribution < -0.4 is 10.5 Å². The maximum absolute atomic E-state index is 5.93. The van der Waals surface area contributed by atoms with Gasteiger partial charge in [0.1, 0.15) is 5.75 Å². The normalized spacial score (nSPS) is 15.7. The van der Waals surface area contributed by atoms with Crippen molar-refractivity contribution in [3.05, 3.63) is 29.3 Å². The van der Waals surface area contributed by atoms with E-state index in [1.165, 1.54) is 5.56 Å². The molecule has 1 aromatic rings. The SMILES string of the molecule is Cc1ccc(OCC2CCOCC2)c(C#CCN)c1. The van der Waals surface area contributed by atoms with E-state index in [2.05, 4.69) is 18.8 Å². The Bertz CT molecular complexity index is 467. The summed E-state index contributed by atoms with van der Waals surface area (Å²) in [5.74, 6) is 7.41. The van der Waals surface area contributed by atoms with E-state index in [1.54, 1.807) is 0 Å². The van der Waals surface area contributed by atoms with Gasteiger partial charge in [0.25, 0.3) is 0 Å². The number of aryl methyl sites for hydroxylation is 1. The molecule has 0 aromatic heterocycles. The zero-order chi connectivity index (χ0) is 13.5. The monoisotopic (exact) mass is 259 g/mol. The van der Waals surface area contributed by atoms with Crippen molar-refractivity contribution in [2.24, 2.45) is 11.7 Å². The molecule has 0 aliphatic carbocycles. The molecule has 0 unspecified atom stereocenters. The molecule has 0 amide bonds. The summed E-state index contributed by atoms with van der Waals surface area (Å²) in [5, 5.41) is 0. The fourth-order valence-electron chi connectivity index (χ4n) is 2.13. The van der Waals surface area contributed by atoms with Crippen LogP contribution >= 0.6 is 0 Å². The van der Waals surface area contributed by atoms with Crippen LogP contribution in [0.1, 0.15) is 24.0 Å². The van der Waals surface area contributed by atoms with Crippen LogP contribution in [-0.4, -0.2) is 26.4 Å². The van der Waals surface area contributed by atoms with Gasteiger partial charge in [-0.05, 0) is 43.4 Å². The van der Waals surface area contributed by atoms with Gasteiger partial charge in [-0.1, -0.05) is 17.9 Å². The smallest absolute Gasteiger partial charge is 0.134 e. The van der Waals surface area contributed by atoms with Crippen LogP contribution in [0.4, 0.5) is 0 Å². The maximum Gasteiger partial charge on any atom is 0.134 e. The fraction of sp³-hybridized carbons (Fsp3) is 0.500. The lowest BCUT2D eigenvalue weighted by atomic mass is 10.0. The molecule has 1 heterocycles. The van der Waals surface area contributed by atoms with Gasteiger partial charge in [-0.15, -0.1) is 0 Å². The molecule has 1 saturated heterocycles. The summed E-state index contributed by atoms with van der Waals surface area (Å²) in [6.45, 7) is 4.86. The number of ether oxygens (including phenoxy) is 2. The molecule has 1 aliphatic rings. The van der Waals surface area contributed by atoms with Crippen LogP contribution in [0.2, 0.25) is 0 Å². The van der Waals surface area contributed by atoms with Crippen molar-refractivity contribution in [3.8, 4) is 17.6 Å². The molecule has 0 atom stereocenters. The standard InChI is InChI=1S/C16H21NO2/c1-13-4-5-16(15(11-13)3-2-8-17)19-12-14-6-9-18-10-7-14/h4-5,11,14H,6-10,12,17H2,1H3. The lowest BCUT2D eigenvalue weighted by molar-refractivity contribution is 0.0497. The Kier molecular flexibility index (Phi) is 5.26. The summed E-state index contributed by atoms with van der Waals surface area (Å²) in [6.07, 6.45) is 2.16. The molecule has 0 bridgehead atoms. The molecule has 3 nitrogen and oxygen atoms in total. The van der Waals surface area contributed by atoms with Crippen molar-refractivity contribution < 1.29 is 9.47 Å². The van der Waals surface area contributed by atoms with Crippen molar-refractivity contribution in [1.82, 2.24) is 0 Å². The second-order valence-corrected chi connectivity index (χ2v) is 4.87. The van der Waals surface area contributed by atoms with Gasteiger partial charge in [0.2, 0.25) is 0 Å².